The Balaban J connectivity index is 3.94. The Hall–Kier alpha value is -1.71. The van der Waals surface area contributed by atoms with E-state index >= 15 is 0 Å². The molecule has 0 saturated carbocycles. The quantitative estimate of drug-likeness (QED) is 0.0278. The molecule has 0 radical (unpaired) electrons. The predicted octanol–water partition coefficient (Wildman–Crippen LogP) is 24.6. The van der Waals surface area contributed by atoms with Gasteiger partial charge in [-0.3, -0.25) is 9.59 Å². The van der Waals surface area contributed by atoms with E-state index in [2.05, 4.69) is 13.8 Å². The van der Waals surface area contributed by atoms with E-state index in [1.54, 1.807) is 0 Å². The van der Waals surface area contributed by atoms with Gasteiger partial charge in [0.15, 0.2) is 6.10 Å². The molecule has 2 unspecified atom stereocenters. The van der Waals surface area contributed by atoms with E-state index in [0.29, 0.717) is 17.4 Å². The van der Waals surface area contributed by atoms with Gasteiger partial charge in [-0.05, 0) is 12.8 Å². The summed E-state index contributed by atoms with van der Waals surface area (Å²) < 4.78 is 23.1. The second-order valence-electron chi connectivity index (χ2n) is 28.4. The Morgan fingerprint density at radius 1 is 0.299 bits per heavy atom. The zero-order valence-corrected chi connectivity index (χ0v) is 59.5. The molecule has 0 aromatic carbocycles. The molecule has 0 fully saturated rings. The highest BCUT2D eigenvalue weighted by molar-refractivity contribution is 5.71. The molecule has 0 aliphatic carbocycles. The topological polar surface area (TPSA) is 108 Å². The number of hydrogen-bond donors (Lipinski definition) is 1. The fourth-order valence-electron chi connectivity index (χ4n) is 12.4. The minimum absolute atomic E-state index is 0.172. The fourth-order valence-corrected chi connectivity index (χ4v) is 12.4. The second kappa shape index (κ2) is 70.2. The summed E-state index contributed by atoms with van der Waals surface area (Å²) in [5.41, 5.74) is 0. The number of likely N-dealkylation sites (N-methyl/N-ethyl adjacent to an activating group) is 1. The molecule has 0 rings (SSSR count). The summed E-state index contributed by atoms with van der Waals surface area (Å²) in [5, 5.41) is 9.76. The Morgan fingerprint density at radius 2 is 0.517 bits per heavy atom. The number of hydrogen-bond acceptors (Lipinski definition) is 7. The van der Waals surface area contributed by atoms with Crippen molar-refractivity contribution >= 4 is 17.9 Å². The summed E-state index contributed by atoms with van der Waals surface area (Å²) >= 11 is 0. The lowest BCUT2D eigenvalue weighted by Crippen LogP contribution is -2.40. The van der Waals surface area contributed by atoms with Gasteiger partial charge in [-0.1, -0.05) is 399 Å². The molecule has 9 nitrogen and oxygen atoms in total. The number of carboxylic acids is 1. The fraction of sp³-hybridized carbons (Fsp3) is 0.962. The van der Waals surface area contributed by atoms with Crippen molar-refractivity contribution in [3.8, 4) is 0 Å². The van der Waals surface area contributed by atoms with Crippen molar-refractivity contribution in [1.82, 2.24) is 0 Å². The molecule has 0 spiro atoms. The first-order valence-corrected chi connectivity index (χ1v) is 39.2. The van der Waals surface area contributed by atoms with Gasteiger partial charge in [0.2, 0.25) is 0 Å². The van der Waals surface area contributed by atoms with Gasteiger partial charge in [0, 0.05) is 12.8 Å². The third-order valence-corrected chi connectivity index (χ3v) is 18.4. The zero-order valence-electron chi connectivity index (χ0n) is 59.5. The lowest BCUT2D eigenvalue weighted by molar-refractivity contribution is -0.870. The van der Waals surface area contributed by atoms with E-state index in [1.807, 2.05) is 21.1 Å². The average molecular weight is 1230 g/mol. The number of ether oxygens (including phenoxy) is 4. The van der Waals surface area contributed by atoms with Gasteiger partial charge in [0.25, 0.3) is 6.29 Å². The van der Waals surface area contributed by atoms with Gasteiger partial charge >= 0.3 is 17.9 Å². The monoisotopic (exact) mass is 1230 g/mol. The molecule has 2 atom stereocenters. The molecule has 0 bridgehead atoms. The number of quaternary nitrogens is 1. The molecule has 0 aliphatic rings. The molecule has 518 valence electrons. The number of carbonyl (C=O) groups is 3. The number of aliphatic carboxylic acids is 1. The maximum atomic E-state index is 13.0. The van der Waals surface area contributed by atoms with Crippen molar-refractivity contribution in [2.45, 2.75) is 437 Å². The number of nitrogens with zero attached hydrogens (tertiary/aromatic N) is 1. The van der Waals surface area contributed by atoms with Crippen molar-refractivity contribution in [2.24, 2.45) is 0 Å². The molecule has 0 aromatic rings. The summed E-state index contributed by atoms with van der Waals surface area (Å²) in [7, 11) is 6.00. The smallest absolute Gasteiger partial charge is 0.361 e. The normalized spacial score (nSPS) is 12.5. The summed E-state index contributed by atoms with van der Waals surface area (Å²) in [5.74, 6) is -1.96. The maximum Gasteiger partial charge on any atom is 0.361 e. The van der Waals surface area contributed by atoms with Crippen LogP contribution in [0.15, 0.2) is 0 Å². The van der Waals surface area contributed by atoms with Crippen LogP contribution in [0.3, 0.4) is 0 Å². The Bertz CT molecular complexity index is 1390. The molecule has 0 amide bonds. The van der Waals surface area contributed by atoms with Gasteiger partial charge in [-0.15, -0.1) is 0 Å². The van der Waals surface area contributed by atoms with E-state index in [9.17, 15) is 19.5 Å². The molecule has 0 heterocycles. The highest BCUT2D eigenvalue weighted by atomic mass is 16.7. The van der Waals surface area contributed by atoms with Crippen molar-refractivity contribution < 1.29 is 42.9 Å². The first-order chi connectivity index (χ1) is 42.6. The second-order valence-corrected chi connectivity index (χ2v) is 28.4. The van der Waals surface area contributed by atoms with Gasteiger partial charge < -0.3 is 28.5 Å². The number of esters is 2. The van der Waals surface area contributed by atoms with Gasteiger partial charge in [0.1, 0.15) is 13.2 Å². The van der Waals surface area contributed by atoms with Crippen LogP contribution in [-0.4, -0.2) is 87.4 Å². The van der Waals surface area contributed by atoms with Gasteiger partial charge in [0.05, 0.1) is 34.4 Å². The van der Waals surface area contributed by atoms with Crippen molar-refractivity contribution in [2.75, 3.05) is 47.5 Å². The van der Waals surface area contributed by atoms with Gasteiger partial charge in [-0.25, -0.2) is 4.79 Å². The third kappa shape index (κ3) is 71.6. The van der Waals surface area contributed by atoms with Crippen LogP contribution < -0.4 is 0 Å². The van der Waals surface area contributed by atoms with Crippen LogP contribution in [0.5, 0.6) is 0 Å². The van der Waals surface area contributed by atoms with Crippen LogP contribution in [0, 0.1) is 0 Å². The minimum Gasteiger partial charge on any atom is -0.477 e. The average Bonchev–Trinajstić information content (AvgIpc) is 3.57. The lowest BCUT2D eigenvalue weighted by Gasteiger charge is -2.25. The number of rotatable bonds is 75. The van der Waals surface area contributed by atoms with Crippen LogP contribution in [0.25, 0.3) is 0 Å². The Morgan fingerprint density at radius 3 is 0.736 bits per heavy atom. The predicted molar refractivity (Wildman–Crippen MR) is 374 cm³/mol. The van der Waals surface area contributed by atoms with E-state index in [4.69, 9.17) is 18.9 Å². The van der Waals surface area contributed by atoms with Crippen LogP contribution in [0.2, 0.25) is 0 Å². The summed E-state index contributed by atoms with van der Waals surface area (Å²) in [6, 6.07) is 0. The number of carbonyl (C=O) groups excluding carboxylic acids is 2. The Kier molecular flexibility index (Phi) is 68.8. The number of carboxylic acid groups (broad SMARTS) is 1. The van der Waals surface area contributed by atoms with Crippen molar-refractivity contribution in [1.29, 1.82) is 0 Å². The van der Waals surface area contributed by atoms with Crippen LogP contribution in [-0.2, 0) is 33.3 Å². The van der Waals surface area contributed by atoms with Crippen LogP contribution in [0.4, 0.5) is 0 Å². The summed E-state index contributed by atoms with van der Waals surface area (Å²) in [4.78, 5) is 37.7. The SMILES string of the molecule is CCCCCCCCCCCCCCCCCCCCCCCCCCCCCCCCCCCCCCCC(=O)OC(COC(=O)CCCCCCCCCCCCCCCCCCCCCCCCCCC)COC(OCC[N+](C)(C)C)C(=O)O. The largest absolute Gasteiger partial charge is 0.477 e. The molecule has 87 heavy (non-hydrogen) atoms. The zero-order chi connectivity index (χ0) is 63.3. The van der Waals surface area contributed by atoms with E-state index in [1.165, 1.54) is 360 Å². The molecule has 1 N–H and O–H groups in total. The molecule has 9 heteroatoms. The minimum atomic E-state index is -1.50. The van der Waals surface area contributed by atoms with Crippen molar-refractivity contribution in [3.63, 3.8) is 0 Å². The van der Waals surface area contributed by atoms with Crippen LogP contribution >= 0.6 is 0 Å². The maximum absolute atomic E-state index is 13.0. The first kappa shape index (κ1) is 85.3. The highest BCUT2D eigenvalue weighted by Gasteiger charge is 2.25. The molecule has 0 aliphatic heterocycles. The molecular weight excluding hydrogens is 1080 g/mol. The van der Waals surface area contributed by atoms with Gasteiger partial charge in [-0.2, -0.15) is 0 Å². The van der Waals surface area contributed by atoms with E-state index in [-0.39, 0.29) is 38.2 Å². The van der Waals surface area contributed by atoms with E-state index < -0.39 is 18.4 Å². The third-order valence-electron chi connectivity index (χ3n) is 18.4. The molecular formula is C78H154NO8+. The summed E-state index contributed by atoms with van der Waals surface area (Å²) in [6.45, 7) is 4.98. The Labute approximate surface area is 543 Å². The number of unbranched alkanes of at least 4 members (excludes halogenated alkanes) is 60. The first-order valence-electron chi connectivity index (χ1n) is 39.2. The molecule has 0 aromatic heterocycles. The summed E-state index contributed by atoms with van der Waals surface area (Å²) in [6.07, 6.45) is 82.6. The van der Waals surface area contributed by atoms with E-state index in [0.717, 1.165) is 38.5 Å². The standard InChI is InChI=1S/C78H153NO8/c1-6-8-10-12-14-16-18-20-22-24-26-28-30-32-33-34-35-36-37-38-39-40-41-42-43-45-47-49-51-53-55-57-59-61-63-65-67-69-76(81)87-74(73-86-78(77(82)83)84-71-70-79(3,4)5)72-85-75(80)68-66-64-62-60-58-56-54-52-50-48-46-44-31-29-27-25-23-21-19-17-15-13-11-9-7-2/h74,78H,6-73H2,1-5H3/p+1. The van der Waals surface area contributed by atoms with Crippen molar-refractivity contribution in [3.05, 3.63) is 0 Å². The van der Waals surface area contributed by atoms with Crippen LogP contribution in [0.1, 0.15) is 425 Å². The molecule has 0 saturated heterocycles. The lowest BCUT2D eigenvalue weighted by atomic mass is 10.0. The highest BCUT2D eigenvalue weighted by Crippen LogP contribution is 2.21.